The third kappa shape index (κ3) is 10.3. The summed E-state index contributed by atoms with van der Waals surface area (Å²) in [6.07, 6.45) is 5.22. The highest BCUT2D eigenvalue weighted by Gasteiger charge is 1.94. The number of rotatable bonds is 8. The van der Waals surface area contributed by atoms with Crippen LogP contribution in [0.15, 0.2) is 0 Å². The third-order valence-electron chi connectivity index (χ3n) is 1.83. The Balaban J connectivity index is 2.82. The zero-order chi connectivity index (χ0) is 9.23. The second-order valence-electron chi connectivity index (χ2n) is 3.64. The maximum Gasteiger partial charge on any atom is -0.00651 e. The zero-order valence-electron chi connectivity index (χ0n) is 8.51. The van der Waals surface area contributed by atoms with Crippen LogP contribution in [-0.2, 0) is 0 Å². The highest BCUT2D eigenvalue weighted by atomic mass is 32.2. The van der Waals surface area contributed by atoms with Gasteiger partial charge in [0.05, 0.1) is 0 Å². The van der Waals surface area contributed by atoms with Gasteiger partial charge in [-0.05, 0) is 43.2 Å². The summed E-state index contributed by atoms with van der Waals surface area (Å²) in [4.78, 5) is 0. The zero-order valence-corrected chi connectivity index (χ0v) is 9.33. The first-order valence-corrected chi connectivity index (χ1v) is 6.20. The van der Waals surface area contributed by atoms with Gasteiger partial charge < -0.3 is 5.73 Å². The molecule has 0 spiro atoms. The standard InChI is InChI=1S/C10H23NS/c1-10(2)6-9-12-8-5-3-4-7-11/h10H,3-9,11H2,1-2H3. The minimum atomic E-state index is 0.858. The lowest BCUT2D eigenvalue weighted by atomic mass is 10.2. The molecule has 2 heteroatoms. The van der Waals surface area contributed by atoms with E-state index < -0.39 is 0 Å². The molecule has 1 nitrogen and oxygen atoms in total. The minimum absolute atomic E-state index is 0.858. The van der Waals surface area contributed by atoms with Crippen molar-refractivity contribution in [1.29, 1.82) is 0 Å². The molecule has 0 heterocycles. The molecule has 0 atom stereocenters. The van der Waals surface area contributed by atoms with Crippen molar-refractivity contribution >= 4 is 11.8 Å². The van der Waals surface area contributed by atoms with Crippen molar-refractivity contribution in [2.45, 2.75) is 39.5 Å². The van der Waals surface area contributed by atoms with Gasteiger partial charge in [-0.15, -0.1) is 0 Å². The molecule has 2 N–H and O–H groups in total. The topological polar surface area (TPSA) is 26.0 Å². The van der Waals surface area contributed by atoms with Crippen molar-refractivity contribution in [3.63, 3.8) is 0 Å². The van der Waals surface area contributed by atoms with Crippen LogP contribution in [0.25, 0.3) is 0 Å². The molecule has 0 unspecified atom stereocenters. The maximum atomic E-state index is 5.40. The van der Waals surface area contributed by atoms with E-state index >= 15 is 0 Å². The molecule has 0 amide bonds. The van der Waals surface area contributed by atoms with Gasteiger partial charge in [0.2, 0.25) is 0 Å². The first-order chi connectivity index (χ1) is 5.77. The molecule has 0 fully saturated rings. The van der Waals surface area contributed by atoms with Crippen molar-refractivity contribution in [3.8, 4) is 0 Å². The highest BCUT2D eigenvalue weighted by Crippen LogP contribution is 2.10. The monoisotopic (exact) mass is 189 g/mol. The molecular weight excluding hydrogens is 166 g/mol. The van der Waals surface area contributed by atoms with Crippen molar-refractivity contribution in [1.82, 2.24) is 0 Å². The molecule has 0 aliphatic rings. The van der Waals surface area contributed by atoms with Gasteiger partial charge in [-0.25, -0.2) is 0 Å². The quantitative estimate of drug-likeness (QED) is 0.594. The molecule has 0 radical (unpaired) electrons. The number of nitrogens with two attached hydrogens (primary N) is 1. The third-order valence-corrected chi connectivity index (χ3v) is 2.93. The molecule has 0 rings (SSSR count). The highest BCUT2D eigenvalue weighted by molar-refractivity contribution is 7.99. The van der Waals surface area contributed by atoms with Crippen molar-refractivity contribution in [2.24, 2.45) is 11.7 Å². The average molecular weight is 189 g/mol. The van der Waals surface area contributed by atoms with Crippen molar-refractivity contribution in [2.75, 3.05) is 18.1 Å². The average Bonchev–Trinajstić information content (AvgIpc) is 2.02. The summed E-state index contributed by atoms with van der Waals surface area (Å²) in [5, 5.41) is 0. The second kappa shape index (κ2) is 9.40. The normalized spacial score (nSPS) is 11.0. The lowest BCUT2D eigenvalue weighted by Crippen LogP contribution is -1.98. The first-order valence-electron chi connectivity index (χ1n) is 5.05. The van der Waals surface area contributed by atoms with E-state index in [4.69, 9.17) is 5.73 Å². The fourth-order valence-corrected chi connectivity index (χ4v) is 2.20. The van der Waals surface area contributed by atoms with Crippen molar-refractivity contribution < 1.29 is 0 Å². The molecule has 0 bridgehead atoms. The predicted molar refractivity (Wildman–Crippen MR) is 59.7 cm³/mol. The Morgan fingerprint density at radius 1 is 1.08 bits per heavy atom. The first kappa shape index (κ1) is 12.3. The van der Waals surface area contributed by atoms with Crippen LogP contribution in [0.4, 0.5) is 0 Å². The summed E-state index contributed by atoms with van der Waals surface area (Å²) in [5.41, 5.74) is 5.40. The van der Waals surface area contributed by atoms with Gasteiger partial charge in [0, 0.05) is 0 Å². The Morgan fingerprint density at radius 3 is 2.42 bits per heavy atom. The number of hydrogen-bond donors (Lipinski definition) is 1. The van der Waals surface area contributed by atoms with Crippen LogP contribution in [0.3, 0.4) is 0 Å². The van der Waals surface area contributed by atoms with E-state index in [1.165, 1.54) is 37.2 Å². The number of hydrogen-bond acceptors (Lipinski definition) is 2. The largest absolute Gasteiger partial charge is 0.330 e. The molecular formula is C10H23NS. The Morgan fingerprint density at radius 2 is 1.83 bits per heavy atom. The van der Waals surface area contributed by atoms with E-state index in [0.29, 0.717) is 0 Å². The van der Waals surface area contributed by atoms with Crippen LogP contribution >= 0.6 is 11.8 Å². The molecule has 0 aromatic carbocycles. The summed E-state index contributed by atoms with van der Waals surface area (Å²) < 4.78 is 0. The van der Waals surface area contributed by atoms with Crippen LogP contribution < -0.4 is 5.73 Å². The molecule has 0 aliphatic heterocycles. The maximum absolute atomic E-state index is 5.40. The molecule has 12 heavy (non-hydrogen) atoms. The number of unbranched alkanes of at least 4 members (excludes halogenated alkanes) is 2. The lowest BCUT2D eigenvalue weighted by molar-refractivity contribution is 0.631. The van der Waals surface area contributed by atoms with Crippen LogP contribution in [0.5, 0.6) is 0 Å². The Bertz CT molecular complexity index is 83.9. The van der Waals surface area contributed by atoms with Crippen molar-refractivity contribution in [3.05, 3.63) is 0 Å². The smallest absolute Gasteiger partial charge is 0.00651 e. The van der Waals surface area contributed by atoms with E-state index in [1.807, 2.05) is 0 Å². The van der Waals surface area contributed by atoms with Gasteiger partial charge in [-0.2, -0.15) is 11.8 Å². The summed E-state index contributed by atoms with van der Waals surface area (Å²) >= 11 is 2.09. The molecule has 0 saturated heterocycles. The van der Waals surface area contributed by atoms with Gasteiger partial charge in [0.1, 0.15) is 0 Å². The van der Waals surface area contributed by atoms with Gasteiger partial charge >= 0.3 is 0 Å². The fraction of sp³-hybridized carbons (Fsp3) is 1.00. The van der Waals surface area contributed by atoms with Crippen LogP contribution in [0.2, 0.25) is 0 Å². The van der Waals surface area contributed by atoms with E-state index in [-0.39, 0.29) is 0 Å². The van der Waals surface area contributed by atoms with Gasteiger partial charge in [-0.3, -0.25) is 0 Å². The van der Waals surface area contributed by atoms with Crippen LogP contribution in [0, 0.1) is 5.92 Å². The molecule has 74 valence electrons. The summed E-state index contributed by atoms with van der Waals surface area (Å²) in [7, 11) is 0. The SMILES string of the molecule is CC(C)CCSCCCCCN. The Hall–Kier alpha value is 0.310. The fourth-order valence-electron chi connectivity index (χ4n) is 0.946. The minimum Gasteiger partial charge on any atom is -0.330 e. The van der Waals surface area contributed by atoms with Gasteiger partial charge in [-0.1, -0.05) is 20.3 Å². The van der Waals surface area contributed by atoms with E-state index in [9.17, 15) is 0 Å². The van der Waals surface area contributed by atoms with Crippen LogP contribution in [-0.4, -0.2) is 18.1 Å². The molecule has 0 aromatic heterocycles. The Labute approximate surface area is 81.5 Å². The molecule has 0 aromatic rings. The second-order valence-corrected chi connectivity index (χ2v) is 4.87. The summed E-state index contributed by atoms with van der Waals surface area (Å²) in [6, 6.07) is 0. The van der Waals surface area contributed by atoms with Gasteiger partial charge in [0.15, 0.2) is 0 Å². The molecule has 0 aliphatic carbocycles. The summed E-state index contributed by atoms with van der Waals surface area (Å²) in [6.45, 7) is 5.43. The predicted octanol–water partition coefficient (Wildman–Crippen LogP) is 2.89. The Kier molecular flexibility index (Phi) is 9.64. The van der Waals surface area contributed by atoms with Crippen LogP contribution in [0.1, 0.15) is 39.5 Å². The molecule has 0 saturated carbocycles. The number of thioether (sulfide) groups is 1. The van der Waals surface area contributed by atoms with E-state index in [1.54, 1.807) is 0 Å². The van der Waals surface area contributed by atoms with E-state index in [0.717, 1.165) is 12.5 Å². The lowest BCUT2D eigenvalue weighted by Gasteiger charge is -2.03. The van der Waals surface area contributed by atoms with E-state index in [2.05, 4.69) is 25.6 Å². The summed E-state index contributed by atoms with van der Waals surface area (Å²) in [5.74, 6) is 3.52. The van der Waals surface area contributed by atoms with Gasteiger partial charge in [0.25, 0.3) is 0 Å².